The van der Waals surface area contributed by atoms with Crippen LogP contribution in [0.2, 0.25) is 0 Å². The molecular weight excluding hydrogens is 630 g/mol. The summed E-state index contributed by atoms with van der Waals surface area (Å²) in [5, 5.41) is 8.36. The third kappa shape index (κ3) is 6.25. The van der Waals surface area contributed by atoms with E-state index in [0.717, 1.165) is 41.9 Å². The lowest BCUT2D eigenvalue weighted by atomic mass is 9.95. The third-order valence-electron chi connectivity index (χ3n) is 9.34. The Morgan fingerprint density at radius 3 is 2.73 bits per heavy atom. The summed E-state index contributed by atoms with van der Waals surface area (Å²) in [5.41, 5.74) is 2.84. The van der Waals surface area contributed by atoms with Gasteiger partial charge in [0.05, 0.1) is 11.7 Å². The van der Waals surface area contributed by atoms with Crippen LogP contribution in [0.4, 0.5) is 14.6 Å². The van der Waals surface area contributed by atoms with Crippen LogP contribution in [0.5, 0.6) is 6.01 Å². The predicted octanol–water partition coefficient (Wildman–Crippen LogP) is 4.83. The van der Waals surface area contributed by atoms with Gasteiger partial charge in [0.25, 0.3) is 5.91 Å². The molecule has 0 radical (unpaired) electrons. The summed E-state index contributed by atoms with van der Waals surface area (Å²) in [6, 6.07) is 8.48. The number of nitrogens with zero attached hydrogens (tertiary/aromatic N) is 9. The van der Waals surface area contributed by atoms with Crippen molar-refractivity contribution in [2.75, 3.05) is 51.3 Å². The molecule has 2 saturated heterocycles. The Kier molecular flexibility index (Phi) is 8.83. The van der Waals surface area contributed by atoms with Gasteiger partial charge in [-0.05, 0) is 62.7 Å². The van der Waals surface area contributed by atoms with Crippen LogP contribution < -0.4 is 9.64 Å². The number of amides is 1. The van der Waals surface area contributed by atoms with E-state index >= 15 is 8.78 Å². The highest BCUT2D eigenvalue weighted by Gasteiger charge is 2.36. The van der Waals surface area contributed by atoms with Gasteiger partial charge in [0, 0.05) is 60.5 Å². The number of anilines is 1. The molecule has 0 unspecified atom stereocenters. The maximum absolute atomic E-state index is 16.8. The Morgan fingerprint density at radius 1 is 1.12 bits per heavy atom. The summed E-state index contributed by atoms with van der Waals surface area (Å²) < 4.78 is 38.1. The maximum Gasteiger partial charge on any atom is 0.319 e. The van der Waals surface area contributed by atoms with E-state index in [1.807, 2.05) is 31.0 Å². The van der Waals surface area contributed by atoms with Gasteiger partial charge in [-0.1, -0.05) is 12.1 Å². The summed E-state index contributed by atoms with van der Waals surface area (Å²) in [6.07, 6.45) is 7.61. The maximum atomic E-state index is 16.8. The van der Waals surface area contributed by atoms with E-state index in [2.05, 4.69) is 34.9 Å². The lowest BCUT2D eigenvalue weighted by Crippen LogP contribution is -2.56. The number of ether oxygens (including phenoxy) is 1. The number of rotatable bonds is 8. The number of carbonyl (C=O) groups is 1. The molecule has 2 aliphatic rings. The number of H-pyrrole nitrogens is 1. The van der Waals surface area contributed by atoms with Crippen LogP contribution in [0.15, 0.2) is 54.7 Å². The fourth-order valence-corrected chi connectivity index (χ4v) is 6.74. The van der Waals surface area contributed by atoms with Crippen LogP contribution in [-0.2, 0) is 4.79 Å². The average molecular weight is 665 g/mol. The van der Waals surface area contributed by atoms with Crippen LogP contribution in [0, 0.1) is 19.3 Å². The summed E-state index contributed by atoms with van der Waals surface area (Å²) in [5.74, 6) is -1.91. The number of aryl methyl sites for hydroxylation is 1. The van der Waals surface area contributed by atoms with Gasteiger partial charge in [-0.25, -0.2) is 25.3 Å². The molecule has 5 heterocycles. The van der Waals surface area contributed by atoms with E-state index in [1.165, 1.54) is 17.3 Å². The molecule has 2 atom stereocenters. The van der Waals surface area contributed by atoms with Gasteiger partial charge in [-0.2, -0.15) is 15.1 Å². The van der Waals surface area contributed by atoms with Gasteiger partial charge in [-0.15, -0.1) is 0 Å². The molecule has 5 aromatic rings. The summed E-state index contributed by atoms with van der Waals surface area (Å²) in [6.45, 7) is 11.3. The quantitative estimate of drug-likeness (QED) is 0.184. The highest BCUT2D eigenvalue weighted by atomic mass is 19.1. The molecule has 0 aliphatic carbocycles. The van der Waals surface area contributed by atoms with Crippen molar-refractivity contribution in [1.29, 1.82) is 0 Å². The minimum absolute atomic E-state index is 0.0363. The predicted molar refractivity (Wildman–Crippen MR) is 181 cm³/mol. The molecule has 12 nitrogen and oxygen atoms in total. The number of likely N-dealkylation sites (tertiary alicyclic amines) is 1. The molecule has 250 valence electrons. The fourth-order valence-electron chi connectivity index (χ4n) is 6.74. The summed E-state index contributed by atoms with van der Waals surface area (Å²) in [4.78, 5) is 39.6. The smallest absolute Gasteiger partial charge is 0.319 e. The highest BCUT2D eigenvalue weighted by Crippen LogP contribution is 2.38. The number of halogens is 2. The second-order valence-electron chi connectivity index (χ2n) is 12.4. The standard InChI is InChI=1S/C35H34F2N10O2/c1-21-7-10-28-26(18-41-44-28)30(21)24-8-9-25-32(31(24)37)42-35(49-20-22-6-4-13-45(22)3)43-33(25)46-14-15-47(23(19-46)17-38-2)34(48)27(36)16-29-39-11-5-12-40-29/h5,7-12,16,18,22-23H,4,6,13-15,17,19-20H2,1,3H3,(H,41,44)/b27-16-/t22-,23-/m0/s1. The van der Waals surface area contributed by atoms with E-state index in [4.69, 9.17) is 16.3 Å². The lowest BCUT2D eigenvalue weighted by molar-refractivity contribution is -0.130. The topological polar surface area (TPSA) is 121 Å². The van der Waals surface area contributed by atoms with E-state index in [-0.39, 0.29) is 49.6 Å². The van der Waals surface area contributed by atoms with E-state index in [0.29, 0.717) is 28.9 Å². The van der Waals surface area contributed by atoms with Crippen molar-refractivity contribution in [2.45, 2.75) is 31.8 Å². The van der Waals surface area contributed by atoms with Gasteiger partial charge in [0.1, 0.15) is 24.0 Å². The first kappa shape index (κ1) is 32.0. The number of aromatic amines is 1. The number of hydrogen-bond donors (Lipinski definition) is 1. The zero-order chi connectivity index (χ0) is 34.1. The number of carbonyl (C=O) groups excluding carboxylic acids is 1. The monoisotopic (exact) mass is 664 g/mol. The Morgan fingerprint density at radius 2 is 1.96 bits per heavy atom. The van der Waals surface area contributed by atoms with Gasteiger partial charge >= 0.3 is 6.01 Å². The first-order valence-electron chi connectivity index (χ1n) is 16.1. The van der Waals surface area contributed by atoms with E-state index < -0.39 is 23.6 Å². The van der Waals surface area contributed by atoms with Crippen LogP contribution in [-0.4, -0.2) is 104 Å². The Bertz CT molecular complexity index is 2100. The van der Waals surface area contributed by atoms with Gasteiger partial charge < -0.3 is 24.3 Å². The Labute approximate surface area is 281 Å². The SMILES string of the molecule is [C-]#[N+]C[C@H]1CN(c2nc(OC[C@@H]3CCCN3C)nc3c(F)c(-c4c(C)ccc5[nH]ncc45)ccc23)CCN1C(=O)/C(F)=C/c1ncccn1. The number of benzene rings is 2. The largest absolute Gasteiger partial charge is 0.462 e. The number of nitrogens with one attached hydrogen (secondary N) is 1. The molecule has 2 fully saturated rings. The molecule has 0 bridgehead atoms. The minimum atomic E-state index is -1.02. The zero-order valence-electron chi connectivity index (χ0n) is 27.1. The average Bonchev–Trinajstić information content (AvgIpc) is 3.76. The van der Waals surface area contributed by atoms with Crippen LogP contribution in [0.3, 0.4) is 0 Å². The first-order valence-corrected chi connectivity index (χ1v) is 16.1. The van der Waals surface area contributed by atoms with Crippen LogP contribution >= 0.6 is 0 Å². The van der Waals surface area contributed by atoms with E-state index in [1.54, 1.807) is 24.4 Å². The van der Waals surface area contributed by atoms with Crippen molar-refractivity contribution in [2.24, 2.45) is 0 Å². The van der Waals surface area contributed by atoms with Crippen molar-refractivity contribution in [3.05, 3.63) is 83.4 Å². The van der Waals surface area contributed by atoms with Crippen molar-refractivity contribution in [3.63, 3.8) is 0 Å². The lowest BCUT2D eigenvalue weighted by Gasteiger charge is -2.39. The normalized spacial score (nSPS) is 18.7. The minimum Gasteiger partial charge on any atom is -0.462 e. The van der Waals surface area contributed by atoms with E-state index in [9.17, 15) is 4.79 Å². The molecule has 49 heavy (non-hydrogen) atoms. The number of aromatic nitrogens is 6. The number of fused-ring (bicyclic) bond motifs is 2. The highest BCUT2D eigenvalue weighted by molar-refractivity contribution is 6.00. The number of likely N-dealkylation sites (N-methyl/N-ethyl adjacent to an activating group) is 1. The first-order chi connectivity index (χ1) is 23.8. The Hall–Kier alpha value is -5.55. The Balaban J connectivity index is 1.26. The third-order valence-corrected chi connectivity index (χ3v) is 9.34. The van der Waals surface area contributed by atoms with Gasteiger partial charge in [0.2, 0.25) is 6.54 Å². The van der Waals surface area contributed by atoms with Gasteiger partial charge in [0.15, 0.2) is 17.5 Å². The van der Waals surface area contributed by atoms with Crippen molar-refractivity contribution >= 4 is 39.6 Å². The molecular formula is C35H34F2N10O2. The molecule has 1 amide bonds. The van der Waals surface area contributed by atoms with Crippen molar-refractivity contribution in [3.8, 4) is 17.1 Å². The summed E-state index contributed by atoms with van der Waals surface area (Å²) >= 11 is 0. The molecule has 2 aliphatic heterocycles. The molecule has 2 aromatic carbocycles. The molecule has 1 N–H and O–H groups in total. The number of piperazine rings is 1. The summed E-state index contributed by atoms with van der Waals surface area (Å²) in [7, 11) is 2.04. The van der Waals surface area contributed by atoms with Gasteiger partial charge in [-0.3, -0.25) is 9.89 Å². The van der Waals surface area contributed by atoms with Crippen molar-refractivity contribution in [1.82, 2.24) is 39.9 Å². The molecule has 7 rings (SSSR count). The second kappa shape index (κ2) is 13.5. The molecule has 14 heteroatoms. The van der Waals surface area contributed by atoms with Crippen molar-refractivity contribution < 1.29 is 18.3 Å². The fraction of sp³-hybridized carbons (Fsp3) is 0.343. The van der Waals surface area contributed by atoms with Crippen LogP contribution in [0.25, 0.3) is 43.9 Å². The molecule has 0 saturated carbocycles. The molecule has 0 spiro atoms. The van der Waals surface area contributed by atoms with Crippen LogP contribution in [0.1, 0.15) is 24.2 Å². The second-order valence-corrected chi connectivity index (χ2v) is 12.4. The molecule has 3 aromatic heterocycles. The zero-order valence-corrected chi connectivity index (χ0v) is 27.1. The number of hydrogen-bond acceptors (Lipinski definition) is 9.